The van der Waals surface area contributed by atoms with Crippen LogP contribution in [0.3, 0.4) is 0 Å². The first kappa shape index (κ1) is 19.9. The van der Waals surface area contributed by atoms with E-state index in [1.807, 2.05) is 28.9 Å². The number of rotatable bonds is 4. The van der Waals surface area contributed by atoms with Gasteiger partial charge < -0.3 is 5.73 Å². The van der Waals surface area contributed by atoms with Crippen LogP contribution in [-0.2, 0) is 16.9 Å². The second kappa shape index (κ2) is 7.64. The third-order valence-corrected chi connectivity index (χ3v) is 5.61. The van der Waals surface area contributed by atoms with Crippen molar-refractivity contribution >= 4 is 17.5 Å². The van der Waals surface area contributed by atoms with Crippen LogP contribution in [0.15, 0.2) is 30.5 Å². The topological polar surface area (TPSA) is 64.2 Å². The second-order valence-electron chi connectivity index (χ2n) is 8.62. The maximum atomic E-state index is 12.0. The standard InChI is InChI=1S/C21H29ClN4O/c1-14-9-10-25(18(11-14)20(23)27)12-15-13-26(21(2,3)4)24-19(15)16-7-5-6-8-17(16)22/h5-8,13-14,18H,9-12H2,1-4H3,(H2,23,27). The smallest absolute Gasteiger partial charge is 0.234 e. The van der Waals surface area contributed by atoms with Crippen molar-refractivity contribution in [3.8, 4) is 11.3 Å². The van der Waals surface area contributed by atoms with E-state index in [2.05, 4.69) is 38.8 Å². The van der Waals surface area contributed by atoms with E-state index in [-0.39, 0.29) is 17.5 Å². The zero-order valence-electron chi connectivity index (χ0n) is 16.6. The molecular weight excluding hydrogens is 360 g/mol. The largest absolute Gasteiger partial charge is 0.368 e. The van der Waals surface area contributed by atoms with Gasteiger partial charge in [-0.3, -0.25) is 14.4 Å². The third-order valence-electron chi connectivity index (χ3n) is 5.28. The number of halogens is 1. The van der Waals surface area contributed by atoms with E-state index in [4.69, 9.17) is 22.4 Å². The van der Waals surface area contributed by atoms with Gasteiger partial charge in [-0.25, -0.2) is 0 Å². The zero-order valence-corrected chi connectivity index (χ0v) is 17.3. The van der Waals surface area contributed by atoms with E-state index in [1.165, 1.54) is 0 Å². The average molecular weight is 389 g/mol. The summed E-state index contributed by atoms with van der Waals surface area (Å²) in [5.74, 6) is 0.267. The van der Waals surface area contributed by atoms with E-state index in [9.17, 15) is 4.79 Å². The van der Waals surface area contributed by atoms with Crippen molar-refractivity contribution in [1.82, 2.24) is 14.7 Å². The van der Waals surface area contributed by atoms with Crippen LogP contribution in [0.5, 0.6) is 0 Å². The lowest BCUT2D eigenvalue weighted by atomic mass is 9.91. The van der Waals surface area contributed by atoms with Crippen molar-refractivity contribution in [3.05, 3.63) is 41.0 Å². The van der Waals surface area contributed by atoms with Gasteiger partial charge in [0.2, 0.25) is 5.91 Å². The number of amides is 1. The fraction of sp³-hybridized carbons (Fsp3) is 0.524. The minimum absolute atomic E-state index is 0.145. The number of likely N-dealkylation sites (tertiary alicyclic amines) is 1. The molecule has 2 unspecified atom stereocenters. The summed E-state index contributed by atoms with van der Waals surface area (Å²) in [6, 6.07) is 7.53. The van der Waals surface area contributed by atoms with Gasteiger partial charge >= 0.3 is 0 Å². The molecule has 2 N–H and O–H groups in total. The lowest BCUT2D eigenvalue weighted by molar-refractivity contribution is -0.125. The number of nitrogens with zero attached hydrogens (tertiary/aromatic N) is 3. The molecule has 1 aromatic heterocycles. The molecule has 0 radical (unpaired) electrons. The summed E-state index contributed by atoms with van der Waals surface area (Å²) in [6.45, 7) is 10.0. The summed E-state index contributed by atoms with van der Waals surface area (Å²) < 4.78 is 1.98. The number of aromatic nitrogens is 2. The molecule has 1 amide bonds. The highest BCUT2D eigenvalue weighted by Gasteiger charge is 2.31. The van der Waals surface area contributed by atoms with E-state index in [0.29, 0.717) is 17.5 Å². The monoisotopic (exact) mass is 388 g/mol. The number of hydrogen-bond donors (Lipinski definition) is 1. The number of piperidine rings is 1. The molecular formula is C21H29ClN4O. The maximum absolute atomic E-state index is 12.0. The minimum Gasteiger partial charge on any atom is -0.368 e. The van der Waals surface area contributed by atoms with Crippen LogP contribution in [0.4, 0.5) is 0 Å². The fourth-order valence-electron chi connectivity index (χ4n) is 3.64. The van der Waals surface area contributed by atoms with Crippen LogP contribution >= 0.6 is 11.6 Å². The van der Waals surface area contributed by atoms with Crippen molar-refractivity contribution in [2.24, 2.45) is 11.7 Å². The molecule has 1 fully saturated rings. The molecule has 1 aliphatic rings. The first-order valence-electron chi connectivity index (χ1n) is 9.54. The van der Waals surface area contributed by atoms with Crippen LogP contribution in [-0.4, -0.2) is 33.2 Å². The van der Waals surface area contributed by atoms with Gasteiger partial charge in [-0.2, -0.15) is 5.10 Å². The van der Waals surface area contributed by atoms with Crippen molar-refractivity contribution in [2.45, 2.75) is 58.7 Å². The molecule has 146 valence electrons. The molecule has 0 bridgehead atoms. The number of carbonyl (C=O) groups excluding carboxylic acids is 1. The normalized spacial score (nSPS) is 21.4. The Kier molecular flexibility index (Phi) is 5.63. The molecule has 2 aromatic rings. The van der Waals surface area contributed by atoms with E-state index >= 15 is 0 Å². The lowest BCUT2D eigenvalue weighted by Gasteiger charge is -2.36. The molecule has 1 saturated heterocycles. The Labute approximate surface area is 166 Å². The Bertz CT molecular complexity index is 824. The summed E-state index contributed by atoms with van der Waals surface area (Å²) in [6.07, 6.45) is 3.96. The predicted octanol–water partition coefficient (Wildman–Crippen LogP) is 4.04. The molecule has 2 heterocycles. The highest BCUT2D eigenvalue weighted by atomic mass is 35.5. The highest BCUT2D eigenvalue weighted by molar-refractivity contribution is 6.33. The highest BCUT2D eigenvalue weighted by Crippen LogP contribution is 2.33. The Hall–Kier alpha value is -1.85. The van der Waals surface area contributed by atoms with Gasteiger partial charge in [0.05, 0.1) is 22.3 Å². The van der Waals surface area contributed by atoms with Crippen LogP contribution in [0, 0.1) is 5.92 Å². The van der Waals surface area contributed by atoms with Crippen molar-refractivity contribution in [1.29, 1.82) is 0 Å². The average Bonchev–Trinajstić information content (AvgIpc) is 3.00. The van der Waals surface area contributed by atoms with Gasteiger partial charge in [0.15, 0.2) is 0 Å². The van der Waals surface area contributed by atoms with Gasteiger partial charge in [0.25, 0.3) is 0 Å². The minimum atomic E-state index is -0.246. The quantitative estimate of drug-likeness (QED) is 0.859. The van der Waals surface area contributed by atoms with Gasteiger partial charge in [0.1, 0.15) is 0 Å². The summed E-state index contributed by atoms with van der Waals surface area (Å²) in [5.41, 5.74) is 8.41. The van der Waals surface area contributed by atoms with E-state index in [0.717, 1.165) is 36.2 Å². The second-order valence-corrected chi connectivity index (χ2v) is 9.02. The molecule has 2 atom stereocenters. The van der Waals surface area contributed by atoms with Gasteiger partial charge in [-0.05, 0) is 52.1 Å². The number of benzene rings is 1. The molecule has 5 nitrogen and oxygen atoms in total. The summed E-state index contributed by atoms with van der Waals surface area (Å²) in [5, 5.41) is 5.53. The molecule has 0 spiro atoms. The summed E-state index contributed by atoms with van der Waals surface area (Å²) in [4.78, 5) is 14.2. The van der Waals surface area contributed by atoms with Gasteiger partial charge in [-0.15, -0.1) is 0 Å². The van der Waals surface area contributed by atoms with Crippen molar-refractivity contribution < 1.29 is 4.79 Å². The predicted molar refractivity (Wildman–Crippen MR) is 109 cm³/mol. The fourth-order valence-corrected chi connectivity index (χ4v) is 3.87. The van der Waals surface area contributed by atoms with Crippen LogP contribution < -0.4 is 5.73 Å². The number of nitrogens with two attached hydrogens (primary N) is 1. The Balaban J connectivity index is 2.00. The van der Waals surface area contributed by atoms with Crippen LogP contribution in [0.1, 0.15) is 46.1 Å². The first-order valence-corrected chi connectivity index (χ1v) is 9.92. The molecule has 0 saturated carbocycles. The van der Waals surface area contributed by atoms with Crippen molar-refractivity contribution in [3.63, 3.8) is 0 Å². The summed E-state index contributed by atoms with van der Waals surface area (Å²) >= 11 is 6.46. The van der Waals surface area contributed by atoms with Gasteiger partial charge in [0, 0.05) is 23.9 Å². The SMILES string of the molecule is CC1CCN(Cc2cn(C(C)(C)C)nc2-c2ccccc2Cl)C(C(N)=O)C1. The van der Waals surface area contributed by atoms with Crippen LogP contribution in [0.25, 0.3) is 11.3 Å². The molecule has 1 aliphatic heterocycles. The van der Waals surface area contributed by atoms with Gasteiger partial charge in [-0.1, -0.05) is 36.7 Å². The Morgan fingerprint density at radius 3 is 2.67 bits per heavy atom. The lowest BCUT2D eigenvalue weighted by Crippen LogP contribution is -2.49. The van der Waals surface area contributed by atoms with Crippen molar-refractivity contribution in [2.75, 3.05) is 6.54 Å². The Morgan fingerprint density at radius 2 is 2.04 bits per heavy atom. The Morgan fingerprint density at radius 1 is 1.33 bits per heavy atom. The number of primary amides is 1. The van der Waals surface area contributed by atoms with E-state index < -0.39 is 0 Å². The third kappa shape index (κ3) is 4.36. The van der Waals surface area contributed by atoms with E-state index in [1.54, 1.807) is 0 Å². The summed E-state index contributed by atoms with van der Waals surface area (Å²) in [7, 11) is 0. The molecule has 27 heavy (non-hydrogen) atoms. The number of hydrogen-bond acceptors (Lipinski definition) is 3. The molecule has 6 heteroatoms. The molecule has 0 aliphatic carbocycles. The van der Waals surface area contributed by atoms with Crippen LogP contribution in [0.2, 0.25) is 5.02 Å². The molecule has 3 rings (SSSR count). The zero-order chi connectivity index (χ0) is 19.8. The number of carbonyl (C=O) groups is 1. The first-order chi connectivity index (χ1) is 12.7. The maximum Gasteiger partial charge on any atom is 0.234 e. The molecule has 1 aromatic carbocycles.